The highest BCUT2D eigenvalue weighted by molar-refractivity contribution is 6.30. The van der Waals surface area contributed by atoms with Crippen molar-refractivity contribution >= 4 is 22.9 Å². The van der Waals surface area contributed by atoms with Gasteiger partial charge in [-0.25, -0.2) is 4.39 Å². The highest BCUT2D eigenvalue weighted by Gasteiger charge is 2.34. The third-order valence-corrected chi connectivity index (χ3v) is 5.80. The molecule has 0 fully saturated rings. The van der Waals surface area contributed by atoms with Gasteiger partial charge >= 0.3 is 0 Å². The molecule has 1 N–H and O–H groups in total. The number of nitrogens with one attached hydrogen (secondary N) is 1. The van der Waals surface area contributed by atoms with Gasteiger partial charge in [0.2, 0.25) is 0 Å². The second-order valence-electron chi connectivity index (χ2n) is 8.32. The van der Waals surface area contributed by atoms with Gasteiger partial charge in [0.25, 0.3) is 0 Å². The van der Waals surface area contributed by atoms with E-state index in [-0.39, 0.29) is 17.5 Å². The summed E-state index contributed by atoms with van der Waals surface area (Å²) in [6.45, 7) is 6.42. The number of halogens is 2. The van der Waals surface area contributed by atoms with Crippen LogP contribution in [0.15, 0.2) is 60.7 Å². The van der Waals surface area contributed by atoms with Crippen LogP contribution in [0.4, 0.5) is 10.1 Å². The van der Waals surface area contributed by atoms with Crippen LogP contribution in [0, 0.1) is 5.82 Å². The van der Waals surface area contributed by atoms with Gasteiger partial charge in [0.05, 0.1) is 5.54 Å². The normalized spacial score (nSPS) is 18.5. The number of anilines is 1. The molecule has 1 atom stereocenters. The van der Waals surface area contributed by atoms with Gasteiger partial charge < -0.3 is 10.1 Å². The summed E-state index contributed by atoms with van der Waals surface area (Å²) in [6, 6.07) is 16.6. The molecule has 2 nitrogen and oxygen atoms in total. The summed E-state index contributed by atoms with van der Waals surface area (Å²) >= 11 is 6.29. The van der Waals surface area contributed by atoms with Gasteiger partial charge in [-0.2, -0.15) is 0 Å². The topological polar surface area (TPSA) is 21.3 Å². The molecule has 0 aliphatic carbocycles. The summed E-state index contributed by atoms with van der Waals surface area (Å²) in [5, 5.41) is 4.26. The molecular formula is C25H21ClFNO. The van der Waals surface area contributed by atoms with Crippen LogP contribution in [0.1, 0.15) is 43.6 Å². The minimum absolute atomic E-state index is 0.142. The van der Waals surface area contributed by atoms with E-state index in [2.05, 4.69) is 44.3 Å². The molecule has 0 saturated heterocycles. The van der Waals surface area contributed by atoms with Crippen LogP contribution in [0.3, 0.4) is 0 Å². The average Bonchev–Trinajstić information content (AvgIpc) is 2.65. The van der Waals surface area contributed by atoms with Gasteiger partial charge in [0.15, 0.2) is 6.10 Å². The van der Waals surface area contributed by atoms with Crippen molar-refractivity contribution in [2.45, 2.75) is 32.4 Å². The first-order valence-electron chi connectivity index (χ1n) is 9.69. The zero-order valence-corrected chi connectivity index (χ0v) is 17.3. The second-order valence-corrected chi connectivity index (χ2v) is 8.75. The number of benzene rings is 3. The molecule has 0 unspecified atom stereocenters. The van der Waals surface area contributed by atoms with Crippen molar-refractivity contribution < 1.29 is 9.13 Å². The van der Waals surface area contributed by atoms with Crippen LogP contribution >= 0.6 is 11.6 Å². The van der Waals surface area contributed by atoms with Gasteiger partial charge in [0, 0.05) is 27.4 Å². The fraction of sp³-hybridized carbons (Fsp3) is 0.200. The summed E-state index contributed by atoms with van der Waals surface area (Å²) in [6.07, 6.45) is 1.90. The number of hydrogen-bond acceptors (Lipinski definition) is 2. The lowest BCUT2D eigenvalue weighted by molar-refractivity contribution is 0.243. The predicted octanol–water partition coefficient (Wildman–Crippen LogP) is 7.24. The van der Waals surface area contributed by atoms with Gasteiger partial charge in [-0.15, -0.1) is 0 Å². The van der Waals surface area contributed by atoms with Crippen LogP contribution in [-0.2, 0) is 0 Å². The lowest BCUT2D eigenvalue weighted by Crippen LogP contribution is -2.32. The molecule has 2 aliphatic rings. The van der Waals surface area contributed by atoms with E-state index in [1.165, 1.54) is 11.6 Å². The highest BCUT2D eigenvalue weighted by Crippen LogP contribution is 2.50. The predicted molar refractivity (Wildman–Crippen MR) is 117 cm³/mol. The monoisotopic (exact) mass is 405 g/mol. The third kappa shape index (κ3) is 3.01. The molecule has 0 spiro atoms. The lowest BCUT2D eigenvalue weighted by Gasteiger charge is -2.37. The molecule has 3 aromatic carbocycles. The minimum atomic E-state index is -0.331. The molecule has 4 heteroatoms. The molecule has 5 rings (SSSR count). The Morgan fingerprint density at radius 2 is 1.86 bits per heavy atom. The molecule has 29 heavy (non-hydrogen) atoms. The molecule has 2 heterocycles. The Bertz CT molecular complexity index is 1180. The summed E-state index contributed by atoms with van der Waals surface area (Å²) < 4.78 is 20.5. The van der Waals surface area contributed by atoms with E-state index in [0.717, 1.165) is 33.5 Å². The number of hydrogen-bond donors (Lipinski definition) is 1. The second kappa shape index (κ2) is 6.36. The Morgan fingerprint density at radius 3 is 2.66 bits per heavy atom. The van der Waals surface area contributed by atoms with Crippen molar-refractivity contribution in [2.24, 2.45) is 0 Å². The Morgan fingerprint density at radius 1 is 1.03 bits per heavy atom. The van der Waals surface area contributed by atoms with E-state index in [1.54, 1.807) is 12.1 Å². The lowest BCUT2D eigenvalue weighted by atomic mass is 9.80. The van der Waals surface area contributed by atoms with E-state index < -0.39 is 0 Å². The largest absolute Gasteiger partial charge is 0.480 e. The smallest absolute Gasteiger partial charge is 0.150 e. The van der Waals surface area contributed by atoms with Crippen molar-refractivity contribution in [1.29, 1.82) is 0 Å². The van der Waals surface area contributed by atoms with Crippen molar-refractivity contribution in [1.82, 2.24) is 0 Å². The first-order chi connectivity index (χ1) is 13.8. The molecule has 146 valence electrons. The minimum Gasteiger partial charge on any atom is -0.480 e. The van der Waals surface area contributed by atoms with Gasteiger partial charge in [-0.1, -0.05) is 35.9 Å². The number of ether oxygens (including phenoxy) is 1. The van der Waals surface area contributed by atoms with Gasteiger partial charge in [-0.3, -0.25) is 0 Å². The standard InChI is InChI=1S/C25H21ClFNO/c1-14-13-25(2,3)28-20-9-8-18-19-12-17(27)7-10-21(19)29-24(23(18)22(14)20)15-5-4-6-16(26)11-15/h4-13,24,28H,1-3H3/t24-/m1/s1. The third-order valence-electron chi connectivity index (χ3n) is 5.56. The fourth-order valence-corrected chi connectivity index (χ4v) is 4.76. The maximum absolute atomic E-state index is 14.1. The zero-order chi connectivity index (χ0) is 20.3. The molecule has 0 saturated carbocycles. The fourth-order valence-electron chi connectivity index (χ4n) is 4.56. The first kappa shape index (κ1) is 18.3. The van der Waals surface area contributed by atoms with Crippen LogP contribution in [0.25, 0.3) is 16.7 Å². The van der Waals surface area contributed by atoms with Gasteiger partial charge in [-0.05, 0) is 73.9 Å². The molecule has 3 aromatic rings. The van der Waals surface area contributed by atoms with E-state index in [4.69, 9.17) is 16.3 Å². The quantitative estimate of drug-likeness (QED) is 0.460. The Labute approximate surface area is 175 Å². The number of rotatable bonds is 1. The number of fused-ring (bicyclic) bond motifs is 5. The Kier molecular flexibility index (Phi) is 4.01. The van der Waals surface area contributed by atoms with Crippen LogP contribution in [0.2, 0.25) is 5.02 Å². The average molecular weight is 406 g/mol. The summed E-state index contributed by atoms with van der Waals surface area (Å²) in [5.41, 5.74) is 6.99. The maximum Gasteiger partial charge on any atom is 0.150 e. The molecule has 0 amide bonds. The Balaban J connectivity index is 1.82. The van der Waals surface area contributed by atoms with E-state index in [1.807, 2.05) is 24.3 Å². The van der Waals surface area contributed by atoms with Crippen molar-refractivity contribution in [3.05, 3.63) is 88.2 Å². The zero-order valence-electron chi connectivity index (χ0n) is 16.5. The van der Waals surface area contributed by atoms with E-state index in [0.29, 0.717) is 10.8 Å². The van der Waals surface area contributed by atoms with E-state index in [9.17, 15) is 4.39 Å². The summed E-state index contributed by atoms with van der Waals surface area (Å²) in [4.78, 5) is 0. The number of allylic oxidation sites excluding steroid dienone is 1. The molecule has 0 radical (unpaired) electrons. The van der Waals surface area contributed by atoms with Crippen molar-refractivity contribution in [3.63, 3.8) is 0 Å². The van der Waals surface area contributed by atoms with Gasteiger partial charge in [0.1, 0.15) is 11.6 Å². The SMILES string of the molecule is CC1=CC(C)(C)Nc2ccc3c(c21)[C@@H](c1cccc(Cl)c1)Oc1ccc(F)cc1-3. The van der Waals surface area contributed by atoms with Crippen LogP contribution in [-0.4, -0.2) is 5.54 Å². The van der Waals surface area contributed by atoms with Crippen molar-refractivity contribution in [3.8, 4) is 16.9 Å². The van der Waals surface area contributed by atoms with Crippen molar-refractivity contribution in [2.75, 3.05) is 5.32 Å². The molecule has 0 bridgehead atoms. The maximum atomic E-state index is 14.1. The summed E-state index contributed by atoms with van der Waals surface area (Å²) in [7, 11) is 0. The molecule has 2 aliphatic heterocycles. The first-order valence-corrected chi connectivity index (χ1v) is 10.1. The van der Waals surface area contributed by atoms with Crippen LogP contribution < -0.4 is 10.1 Å². The van der Waals surface area contributed by atoms with Crippen LogP contribution in [0.5, 0.6) is 5.75 Å². The highest BCUT2D eigenvalue weighted by atomic mass is 35.5. The summed E-state index contributed by atoms with van der Waals surface area (Å²) in [5.74, 6) is 0.401. The Hall–Kier alpha value is -2.78. The molecule has 0 aromatic heterocycles. The molecular weight excluding hydrogens is 385 g/mol. The van der Waals surface area contributed by atoms with E-state index >= 15 is 0 Å².